The van der Waals surface area contributed by atoms with Gasteiger partial charge >= 0.3 is 0 Å². The summed E-state index contributed by atoms with van der Waals surface area (Å²) in [4.78, 5) is 28.1. The number of nitrogens with zero attached hydrogens (tertiary/aromatic N) is 4. The summed E-state index contributed by atoms with van der Waals surface area (Å²) < 4.78 is 0. The Morgan fingerprint density at radius 1 is 1.10 bits per heavy atom. The molecule has 1 spiro atoms. The van der Waals surface area contributed by atoms with Gasteiger partial charge in [-0.2, -0.15) is 10.1 Å². The molecule has 3 aromatic heterocycles. The first kappa shape index (κ1) is 23.5. The third-order valence-electron chi connectivity index (χ3n) is 9.59. The number of benzene rings is 1. The fourth-order valence-corrected chi connectivity index (χ4v) is 7.33. The Hall–Kier alpha value is -3.43. The van der Waals surface area contributed by atoms with Crippen molar-refractivity contribution in [3.63, 3.8) is 0 Å². The largest absolute Gasteiger partial charge is 0.366 e. The zero-order valence-electron chi connectivity index (χ0n) is 21.6. The molecule has 3 aliphatic carbocycles. The van der Waals surface area contributed by atoms with Crippen LogP contribution in [0.25, 0.3) is 11.0 Å². The van der Waals surface area contributed by atoms with Gasteiger partial charge in [-0.15, -0.1) is 0 Å². The number of halogens is 1. The van der Waals surface area contributed by atoms with Crippen LogP contribution < -0.4 is 21.5 Å². The zero-order chi connectivity index (χ0) is 26.4. The van der Waals surface area contributed by atoms with Crippen LogP contribution in [0.3, 0.4) is 0 Å². The number of fused-ring (bicyclic) bond motifs is 2. The van der Waals surface area contributed by atoms with Crippen LogP contribution in [-0.2, 0) is 11.8 Å². The lowest BCUT2D eigenvalue weighted by Gasteiger charge is -2.42. The van der Waals surface area contributed by atoms with Gasteiger partial charge in [-0.3, -0.25) is 14.9 Å². The van der Waals surface area contributed by atoms with E-state index < -0.39 is 5.41 Å². The predicted octanol–water partition coefficient (Wildman–Crippen LogP) is 4.19. The maximum atomic E-state index is 13.5. The number of nitrogens with two attached hydrogens (primary N) is 1. The number of anilines is 2. The fraction of sp³-hybridized carbons (Fsp3) is 0.448. The molecule has 39 heavy (non-hydrogen) atoms. The summed E-state index contributed by atoms with van der Waals surface area (Å²) in [5, 5.41) is 12.3. The fourth-order valence-electron chi connectivity index (χ4n) is 6.99. The Balaban J connectivity index is 1.08. The Morgan fingerprint density at radius 3 is 2.64 bits per heavy atom. The van der Waals surface area contributed by atoms with Crippen molar-refractivity contribution in [2.45, 2.75) is 62.4 Å². The van der Waals surface area contributed by atoms with Crippen molar-refractivity contribution in [3.8, 4) is 0 Å². The maximum absolute atomic E-state index is 13.5. The Labute approximate surface area is 230 Å². The van der Waals surface area contributed by atoms with E-state index in [2.05, 4.69) is 54.6 Å². The molecule has 4 aliphatic rings. The molecule has 0 radical (unpaired) electrons. The highest BCUT2D eigenvalue weighted by Crippen LogP contribution is 2.56. The molecule has 8 rings (SSSR count). The number of hydrogen-bond donors (Lipinski definition) is 4. The summed E-state index contributed by atoms with van der Waals surface area (Å²) in [7, 11) is 0. The summed E-state index contributed by atoms with van der Waals surface area (Å²) in [6.07, 6.45) is 8.74. The van der Waals surface area contributed by atoms with E-state index >= 15 is 0 Å². The molecule has 10 heteroatoms. The molecule has 3 fully saturated rings. The molecule has 1 aliphatic heterocycles. The average Bonchev–Trinajstić information content (AvgIpc) is 3.87. The van der Waals surface area contributed by atoms with Crippen molar-refractivity contribution in [1.82, 2.24) is 25.1 Å². The quantitative estimate of drug-likeness (QED) is 0.297. The van der Waals surface area contributed by atoms with E-state index in [-0.39, 0.29) is 17.0 Å². The molecule has 0 unspecified atom stereocenters. The SMILES string of the molecule is N[C@@H]1c2ccccc2CC12CCN(c1nc3[nH]nc(C4(c5ccnc(NC6CC6)c5Cl)CC4)c3c(=O)[nH]1)CC2. The van der Waals surface area contributed by atoms with Crippen molar-refractivity contribution < 1.29 is 0 Å². The highest BCUT2D eigenvalue weighted by Gasteiger charge is 2.51. The van der Waals surface area contributed by atoms with E-state index in [0.29, 0.717) is 33.9 Å². The van der Waals surface area contributed by atoms with Crippen molar-refractivity contribution in [2.24, 2.45) is 11.1 Å². The summed E-state index contributed by atoms with van der Waals surface area (Å²) >= 11 is 6.85. The number of aromatic nitrogens is 5. The number of H-pyrrole nitrogens is 2. The number of hydrogen-bond acceptors (Lipinski definition) is 7. The molecule has 1 atom stereocenters. The van der Waals surface area contributed by atoms with Gasteiger partial charge in [0.1, 0.15) is 11.2 Å². The third-order valence-corrected chi connectivity index (χ3v) is 9.98. The molecule has 9 nitrogen and oxygen atoms in total. The normalized spacial score (nSPS) is 22.8. The minimum Gasteiger partial charge on any atom is -0.366 e. The minimum atomic E-state index is -0.403. The average molecular weight is 543 g/mol. The molecule has 0 bridgehead atoms. The van der Waals surface area contributed by atoms with Crippen LogP contribution in [0.4, 0.5) is 11.8 Å². The van der Waals surface area contributed by atoms with Crippen molar-refractivity contribution in [2.75, 3.05) is 23.3 Å². The first-order chi connectivity index (χ1) is 19.0. The van der Waals surface area contributed by atoms with Gasteiger partial charge in [0.05, 0.1) is 10.7 Å². The van der Waals surface area contributed by atoms with Gasteiger partial charge in [0, 0.05) is 36.8 Å². The first-order valence-corrected chi connectivity index (χ1v) is 14.3. The summed E-state index contributed by atoms with van der Waals surface area (Å²) in [6, 6.07) is 11.0. The van der Waals surface area contributed by atoms with Gasteiger partial charge < -0.3 is 16.0 Å². The van der Waals surface area contributed by atoms with Crippen LogP contribution in [0, 0.1) is 5.41 Å². The van der Waals surface area contributed by atoms with Crippen LogP contribution in [0.5, 0.6) is 0 Å². The second-order valence-corrected chi connectivity index (χ2v) is 12.3. The lowest BCUT2D eigenvalue weighted by Crippen LogP contribution is -2.45. The first-order valence-electron chi connectivity index (χ1n) is 14.0. The van der Waals surface area contributed by atoms with Gasteiger partial charge in [-0.25, -0.2) is 4.98 Å². The van der Waals surface area contributed by atoms with Gasteiger partial charge in [0.2, 0.25) is 5.95 Å². The molecule has 4 aromatic rings. The molecular formula is C29H31ClN8O. The van der Waals surface area contributed by atoms with Gasteiger partial charge in [-0.05, 0) is 73.1 Å². The topological polar surface area (TPSA) is 129 Å². The lowest BCUT2D eigenvalue weighted by molar-refractivity contribution is 0.187. The van der Waals surface area contributed by atoms with E-state index in [1.807, 2.05) is 6.07 Å². The van der Waals surface area contributed by atoms with E-state index in [9.17, 15) is 4.79 Å². The predicted molar refractivity (Wildman–Crippen MR) is 151 cm³/mol. The Morgan fingerprint density at radius 2 is 1.90 bits per heavy atom. The van der Waals surface area contributed by atoms with Gasteiger partial charge in [-0.1, -0.05) is 35.9 Å². The molecule has 5 N–H and O–H groups in total. The van der Waals surface area contributed by atoms with Crippen molar-refractivity contribution in [3.05, 3.63) is 74.3 Å². The molecule has 0 amide bonds. The maximum Gasteiger partial charge on any atom is 0.263 e. The van der Waals surface area contributed by atoms with E-state index in [0.717, 1.165) is 69.3 Å². The zero-order valence-corrected chi connectivity index (χ0v) is 22.4. The smallest absolute Gasteiger partial charge is 0.263 e. The third kappa shape index (κ3) is 3.55. The van der Waals surface area contributed by atoms with Crippen LogP contribution in [-0.4, -0.2) is 44.3 Å². The van der Waals surface area contributed by atoms with E-state index in [1.165, 1.54) is 11.1 Å². The van der Waals surface area contributed by atoms with Crippen LogP contribution in [0.15, 0.2) is 41.3 Å². The standard InChI is InChI=1S/C29H31ClN8O/c30-21-19(7-12-32-25(21)33-17-5-6-17)29(8-9-29)23-20-24(37-36-23)34-27(35-26(20)39)38-13-10-28(11-14-38)15-16-3-1-2-4-18(16)22(28)31/h1-4,7,12,17,22H,5-6,8-11,13-15,31H2,(H,32,33)(H2,34,35,36,37,39)/t22-/m1/s1. The molecule has 4 heterocycles. The van der Waals surface area contributed by atoms with Gasteiger partial charge in [0.25, 0.3) is 5.56 Å². The second kappa shape index (κ2) is 8.29. The van der Waals surface area contributed by atoms with Crippen molar-refractivity contribution >= 4 is 34.4 Å². The second-order valence-electron chi connectivity index (χ2n) is 11.9. The number of nitrogens with one attached hydrogen (secondary N) is 3. The Kier molecular flexibility index (Phi) is 4.98. The molecule has 1 aromatic carbocycles. The van der Waals surface area contributed by atoms with Crippen molar-refractivity contribution in [1.29, 1.82) is 0 Å². The Bertz CT molecular complexity index is 1660. The highest BCUT2D eigenvalue weighted by atomic mass is 35.5. The molecule has 2 saturated carbocycles. The monoisotopic (exact) mass is 542 g/mol. The number of piperidine rings is 1. The van der Waals surface area contributed by atoms with Crippen LogP contribution >= 0.6 is 11.6 Å². The van der Waals surface area contributed by atoms with Gasteiger partial charge in [0.15, 0.2) is 5.65 Å². The highest BCUT2D eigenvalue weighted by molar-refractivity contribution is 6.34. The summed E-state index contributed by atoms with van der Waals surface area (Å²) in [6.45, 7) is 1.59. The number of pyridine rings is 1. The minimum absolute atomic E-state index is 0.0511. The van der Waals surface area contributed by atoms with Crippen LogP contribution in [0.2, 0.25) is 5.02 Å². The van der Waals surface area contributed by atoms with Crippen LogP contribution in [0.1, 0.15) is 67.0 Å². The van der Waals surface area contributed by atoms with E-state index in [1.54, 1.807) is 6.20 Å². The summed E-state index contributed by atoms with van der Waals surface area (Å²) in [5.74, 6) is 1.30. The number of aromatic amines is 2. The van der Waals surface area contributed by atoms with E-state index in [4.69, 9.17) is 22.3 Å². The molecule has 200 valence electrons. The molecule has 1 saturated heterocycles. The summed E-state index contributed by atoms with van der Waals surface area (Å²) in [5.41, 5.74) is 11.1. The molecular weight excluding hydrogens is 512 g/mol. The number of rotatable bonds is 5. The lowest BCUT2D eigenvalue weighted by atomic mass is 9.73.